The molecule has 2 N–H and O–H groups in total. The summed E-state index contributed by atoms with van der Waals surface area (Å²) in [7, 11) is 1.88. The number of hydrogen-bond acceptors (Lipinski definition) is 5. The van der Waals surface area contributed by atoms with Crippen LogP contribution >= 0.6 is 0 Å². The molecule has 0 radical (unpaired) electrons. The summed E-state index contributed by atoms with van der Waals surface area (Å²) in [5.41, 5.74) is 12.3. The molecule has 6 heteroatoms. The van der Waals surface area contributed by atoms with E-state index in [4.69, 9.17) is 10.2 Å². The van der Waals surface area contributed by atoms with Gasteiger partial charge in [0.2, 0.25) is 0 Å². The molecule has 0 fully saturated rings. The Morgan fingerprint density at radius 2 is 2.04 bits per heavy atom. The van der Waals surface area contributed by atoms with Gasteiger partial charge in [0.15, 0.2) is 5.58 Å². The van der Waals surface area contributed by atoms with E-state index in [0.29, 0.717) is 0 Å². The van der Waals surface area contributed by atoms with Crippen LogP contribution in [0.15, 0.2) is 35.1 Å². The van der Waals surface area contributed by atoms with E-state index in [1.165, 1.54) is 0 Å². The maximum absolute atomic E-state index is 6.18. The molecule has 3 aromatic heterocycles. The highest BCUT2D eigenvalue weighted by atomic mass is 16.3. The number of benzene rings is 1. The highest BCUT2D eigenvalue weighted by Crippen LogP contribution is 2.36. The molecule has 0 aliphatic rings. The lowest BCUT2D eigenvalue weighted by molar-refractivity contribution is 0.653. The molecule has 4 aromatic rings. The van der Waals surface area contributed by atoms with E-state index in [1.54, 1.807) is 17.1 Å². The van der Waals surface area contributed by atoms with E-state index < -0.39 is 0 Å². The van der Waals surface area contributed by atoms with Crippen LogP contribution in [0.25, 0.3) is 33.2 Å². The lowest BCUT2D eigenvalue weighted by atomic mass is 10.0. The average molecular weight is 307 g/mol. The normalized spacial score (nSPS) is 13.0. The molecule has 3 heterocycles. The second kappa shape index (κ2) is 4.89. The predicted octanol–water partition coefficient (Wildman–Crippen LogP) is 3.10. The van der Waals surface area contributed by atoms with Gasteiger partial charge in [0.25, 0.3) is 0 Å². The summed E-state index contributed by atoms with van der Waals surface area (Å²) in [4.78, 5) is 0. The SMILES string of the molecule is Cc1cc([C@@H](C)N)c2oc3c(-c4cnn(C)c4)cnnc3c2c1. The summed E-state index contributed by atoms with van der Waals surface area (Å²) in [6, 6.07) is 4.01. The van der Waals surface area contributed by atoms with Crippen molar-refractivity contribution in [2.45, 2.75) is 19.9 Å². The molecule has 4 rings (SSSR count). The van der Waals surface area contributed by atoms with E-state index in [1.807, 2.05) is 27.1 Å². The minimum Gasteiger partial charge on any atom is -0.453 e. The Labute approximate surface area is 132 Å². The van der Waals surface area contributed by atoms with Gasteiger partial charge in [-0.1, -0.05) is 6.07 Å². The Hall–Kier alpha value is -2.73. The quantitative estimate of drug-likeness (QED) is 0.615. The predicted molar refractivity (Wildman–Crippen MR) is 88.9 cm³/mol. The van der Waals surface area contributed by atoms with Crippen LogP contribution in [0, 0.1) is 6.92 Å². The molecule has 6 nitrogen and oxygen atoms in total. The Morgan fingerprint density at radius 1 is 1.22 bits per heavy atom. The standard InChI is InChI=1S/C17H17N5O/c1-9-4-12(10(2)18)16-13(5-9)15-17(23-16)14(7-19-21-15)11-6-20-22(3)8-11/h4-8,10H,18H2,1-3H3/t10-/m1/s1. The van der Waals surface area contributed by atoms with Gasteiger partial charge in [-0.05, 0) is 25.5 Å². The topological polar surface area (TPSA) is 82.8 Å². The third-order valence-corrected chi connectivity index (χ3v) is 4.03. The molecule has 0 unspecified atom stereocenters. The number of hydrogen-bond donors (Lipinski definition) is 1. The lowest BCUT2D eigenvalue weighted by Crippen LogP contribution is -2.05. The summed E-state index contributed by atoms with van der Waals surface area (Å²) in [6.07, 6.45) is 5.43. The van der Waals surface area contributed by atoms with Crippen molar-refractivity contribution in [3.05, 3.63) is 41.9 Å². The minimum atomic E-state index is -0.118. The smallest absolute Gasteiger partial charge is 0.165 e. The highest BCUT2D eigenvalue weighted by molar-refractivity contribution is 6.07. The molecule has 0 spiro atoms. The number of furan rings is 1. The number of aryl methyl sites for hydroxylation is 2. The molecule has 0 saturated heterocycles. The van der Waals surface area contributed by atoms with Crippen molar-refractivity contribution in [1.82, 2.24) is 20.0 Å². The van der Waals surface area contributed by atoms with E-state index in [0.717, 1.165) is 44.3 Å². The molecule has 1 aromatic carbocycles. The van der Waals surface area contributed by atoms with Crippen LogP contribution in [-0.2, 0) is 7.05 Å². The first-order valence-electron chi connectivity index (χ1n) is 7.47. The molecule has 23 heavy (non-hydrogen) atoms. The first-order chi connectivity index (χ1) is 11.0. The van der Waals surface area contributed by atoms with Crippen molar-refractivity contribution < 1.29 is 4.42 Å². The summed E-state index contributed by atoms with van der Waals surface area (Å²) >= 11 is 0. The molecule has 0 aliphatic carbocycles. The van der Waals surface area contributed by atoms with Gasteiger partial charge in [-0.25, -0.2) is 0 Å². The van der Waals surface area contributed by atoms with Crippen molar-refractivity contribution in [3.63, 3.8) is 0 Å². The van der Waals surface area contributed by atoms with Crippen molar-refractivity contribution in [1.29, 1.82) is 0 Å². The van der Waals surface area contributed by atoms with Crippen LogP contribution in [0.5, 0.6) is 0 Å². The zero-order chi connectivity index (χ0) is 16.1. The van der Waals surface area contributed by atoms with Crippen molar-refractivity contribution in [2.24, 2.45) is 12.8 Å². The van der Waals surface area contributed by atoms with Crippen LogP contribution in [0.2, 0.25) is 0 Å². The summed E-state index contributed by atoms with van der Waals surface area (Å²) in [5.74, 6) is 0. The van der Waals surface area contributed by atoms with E-state index >= 15 is 0 Å². The van der Waals surface area contributed by atoms with Crippen LogP contribution in [0.4, 0.5) is 0 Å². The third kappa shape index (κ3) is 2.10. The van der Waals surface area contributed by atoms with Crippen molar-refractivity contribution in [3.8, 4) is 11.1 Å². The summed E-state index contributed by atoms with van der Waals surface area (Å²) in [5, 5.41) is 13.6. The van der Waals surface area contributed by atoms with Crippen LogP contribution in [-0.4, -0.2) is 20.0 Å². The van der Waals surface area contributed by atoms with Crippen LogP contribution < -0.4 is 5.73 Å². The lowest BCUT2D eigenvalue weighted by Gasteiger charge is -2.07. The monoisotopic (exact) mass is 307 g/mol. The molecule has 116 valence electrons. The highest BCUT2D eigenvalue weighted by Gasteiger charge is 2.19. The molecule has 0 saturated carbocycles. The zero-order valence-corrected chi connectivity index (χ0v) is 13.2. The van der Waals surface area contributed by atoms with E-state index in [2.05, 4.69) is 27.4 Å². The number of fused-ring (bicyclic) bond motifs is 3. The molecule has 0 bridgehead atoms. The van der Waals surface area contributed by atoms with E-state index in [9.17, 15) is 0 Å². The molecule has 0 aliphatic heterocycles. The Balaban J connectivity index is 2.11. The summed E-state index contributed by atoms with van der Waals surface area (Å²) < 4.78 is 7.93. The van der Waals surface area contributed by atoms with Gasteiger partial charge >= 0.3 is 0 Å². The zero-order valence-electron chi connectivity index (χ0n) is 13.2. The molecule has 1 atom stereocenters. The number of rotatable bonds is 2. The Kier molecular flexibility index (Phi) is 2.96. The fourth-order valence-corrected chi connectivity index (χ4v) is 2.95. The van der Waals surface area contributed by atoms with Gasteiger partial charge in [-0.15, -0.1) is 5.10 Å². The largest absolute Gasteiger partial charge is 0.453 e. The average Bonchev–Trinajstić information content (AvgIpc) is 3.10. The van der Waals surface area contributed by atoms with Crippen LogP contribution in [0.1, 0.15) is 24.1 Å². The second-order valence-corrected chi connectivity index (χ2v) is 5.96. The maximum atomic E-state index is 6.18. The number of aromatic nitrogens is 4. The summed E-state index contributed by atoms with van der Waals surface area (Å²) in [6.45, 7) is 4.00. The molecular formula is C17H17N5O. The maximum Gasteiger partial charge on any atom is 0.165 e. The Morgan fingerprint density at radius 3 is 2.74 bits per heavy atom. The third-order valence-electron chi connectivity index (χ3n) is 4.03. The second-order valence-electron chi connectivity index (χ2n) is 5.96. The fraction of sp³-hybridized carbons (Fsp3) is 0.235. The van der Waals surface area contributed by atoms with Gasteiger partial charge < -0.3 is 10.2 Å². The van der Waals surface area contributed by atoms with Gasteiger partial charge in [-0.3, -0.25) is 4.68 Å². The van der Waals surface area contributed by atoms with Crippen molar-refractivity contribution in [2.75, 3.05) is 0 Å². The number of nitrogens with zero attached hydrogens (tertiary/aromatic N) is 4. The molecule has 0 amide bonds. The van der Waals surface area contributed by atoms with Gasteiger partial charge in [-0.2, -0.15) is 10.2 Å². The first-order valence-corrected chi connectivity index (χ1v) is 7.47. The molecular weight excluding hydrogens is 290 g/mol. The van der Waals surface area contributed by atoms with Gasteiger partial charge in [0.1, 0.15) is 11.1 Å². The van der Waals surface area contributed by atoms with Crippen molar-refractivity contribution >= 4 is 22.1 Å². The van der Waals surface area contributed by atoms with Gasteiger partial charge in [0.05, 0.1) is 18.0 Å². The minimum absolute atomic E-state index is 0.118. The Bertz CT molecular complexity index is 1030. The van der Waals surface area contributed by atoms with Crippen LogP contribution in [0.3, 0.4) is 0 Å². The fourth-order valence-electron chi connectivity index (χ4n) is 2.95. The van der Waals surface area contributed by atoms with Gasteiger partial charge in [0, 0.05) is 35.8 Å². The first kappa shape index (κ1) is 13.9. The number of nitrogens with two attached hydrogens (primary N) is 1. The van der Waals surface area contributed by atoms with E-state index in [-0.39, 0.29) is 6.04 Å².